The van der Waals surface area contributed by atoms with Crippen LogP contribution in [0.1, 0.15) is 58.5 Å². The molecule has 13 heteroatoms. The zero-order chi connectivity index (χ0) is 31.1. The summed E-state index contributed by atoms with van der Waals surface area (Å²) in [6.07, 6.45) is 1.19. The molecule has 1 N–H and O–H groups in total. The van der Waals surface area contributed by atoms with Gasteiger partial charge in [0.25, 0.3) is 5.56 Å². The average Bonchev–Trinajstić information content (AvgIpc) is 3.32. The number of fused-ring (bicyclic) bond motifs is 2. The molecule has 5 rings (SSSR count). The van der Waals surface area contributed by atoms with Crippen molar-refractivity contribution < 1.29 is 14.3 Å². The van der Waals surface area contributed by atoms with Crippen LogP contribution < -0.4 is 21.5 Å². The van der Waals surface area contributed by atoms with E-state index in [0.29, 0.717) is 24.9 Å². The summed E-state index contributed by atoms with van der Waals surface area (Å²) in [5, 5.41) is 3.83. The van der Waals surface area contributed by atoms with E-state index in [1.165, 1.54) is 11.5 Å². The van der Waals surface area contributed by atoms with Crippen molar-refractivity contribution in [3.8, 4) is 0 Å². The lowest BCUT2D eigenvalue weighted by molar-refractivity contribution is -0.117. The SMILES string of the molecule is CC(=O)CCn1c(N2CCC[C@@H](NC(=O)OC(C)(C)C)C2)nc2c1c(=O)n(Cc1nc(C)c3ccccc3n1)c(=O)n2C. The molecule has 0 spiro atoms. The van der Waals surface area contributed by atoms with Gasteiger partial charge in [-0.25, -0.2) is 19.6 Å². The Bertz CT molecular complexity index is 1830. The molecule has 1 atom stereocenters. The van der Waals surface area contributed by atoms with Crippen LogP contribution in [0, 0.1) is 6.92 Å². The van der Waals surface area contributed by atoms with Crippen LogP contribution in [0.5, 0.6) is 0 Å². The lowest BCUT2D eigenvalue weighted by Crippen LogP contribution is -2.49. The van der Waals surface area contributed by atoms with E-state index in [2.05, 4.69) is 15.3 Å². The van der Waals surface area contributed by atoms with Crippen LogP contribution in [0.2, 0.25) is 0 Å². The second-order valence-corrected chi connectivity index (χ2v) is 12.1. The third kappa shape index (κ3) is 6.30. The summed E-state index contributed by atoms with van der Waals surface area (Å²) in [5.74, 6) is 0.771. The Morgan fingerprint density at radius 2 is 1.84 bits per heavy atom. The molecule has 43 heavy (non-hydrogen) atoms. The smallest absolute Gasteiger partial charge is 0.407 e. The number of ether oxygens (including phenoxy) is 1. The number of para-hydroxylation sites is 1. The number of rotatable bonds is 7. The number of imidazole rings is 1. The first-order valence-corrected chi connectivity index (χ1v) is 14.5. The van der Waals surface area contributed by atoms with Crippen LogP contribution in [0.3, 0.4) is 0 Å². The van der Waals surface area contributed by atoms with E-state index in [1.54, 1.807) is 11.6 Å². The van der Waals surface area contributed by atoms with E-state index in [-0.39, 0.29) is 42.5 Å². The molecule has 1 amide bonds. The number of carbonyl (C=O) groups is 2. The highest BCUT2D eigenvalue weighted by molar-refractivity contribution is 5.80. The van der Waals surface area contributed by atoms with Crippen LogP contribution in [-0.4, -0.2) is 65.3 Å². The Balaban J connectivity index is 1.56. The van der Waals surface area contributed by atoms with Gasteiger partial charge in [-0.1, -0.05) is 18.2 Å². The zero-order valence-electron chi connectivity index (χ0n) is 25.5. The molecule has 0 aliphatic carbocycles. The zero-order valence-corrected chi connectivity index (χ0v) is 25.5. The molecule has 1 saturated heterocycles. The topological polar surface area (TPSA) is 146 Å². The third-order valence-electron chi connectivity index (χ3n) is 7.46. The number of aromatic nitrogens is 6. The van der Waals surface area contributed by atoms with E-state index < -0.39 is 22.9 Å². The van der Waals surface area contributed by atoms with Crippen LogP contribution in [-0.2, 0) is 29.7 Å². The van der Waals surface area contributed by atoms with Gasteiger partial charge in [-0.15, -0.1) is 0 Å². The molecular weight excluding hydrogens is 552 g/mol. The van der Waals surface area contributed by atoms with Gasteiger partial charge in [0.05, 0.1) is 12.1 Å². The number of carbonyl (C=O) groups excluding carboxylic acids is 2. The van der Waals surface area contributed by atoms with Crippen LogP contribution in [0.4, 0.5) is 10.7 Å². The van der Waals surface area contributed by atoms with E-state index in [9.17, 15) is 19.2 Å². The van der Waals surface area contributed by atoms with Crippen LogP contribution in [0.15, 0.2) is 33.9 Å². The summed E-state index contributed by atoms with van der Waals surface area (Å²) in [4.78, 5) is 67.9. The summed E-state index contributed by atoms with van der Waals surface area (Å²) in [5.41, 5.74) is 0.221. The van der Waals surface area contributed by atoms with Gasteiger partial charge in [-0.05, 0) is 53.5 Å². The summed E-state index contributed by atoms with van der Waals surface area (Å²) < 4.78 is 9.62. The van der Waals surface area contributed by atoms with Crippen molar-refractivity contribution in [2.45, 2.75) is 78.6 Å². The lowest BCUT2D eigenvalue weighted by atomic mass is 10.1. The summed E-state index contributed by atoms with van der Waals surface area (Å²) >= 11 is 0. The normalized spacial score (nSPS) is 15.7. The van der Waals surface area contributed by atoms with Crippen molar-refractivity contribution >= 4 is 39.9 Å². The number of aryl methyl sites for hydroxylation is 3. The molecule has 1 aliphatic heterocycles. The van der Waals surface area contributed by atoms with Gasteiger partial charge in [0.2, 0.25) is 5.95 Å². The molecule has 0 unspecified atom stereocenters. The monoisotopic (exact) mass is 590 g/mol. The number of piperidine rings is 1. The van der Waals surface area contributed by atoms with E-state index >= 15 is 0 Å². The number of nitrogens with one attached hydrogen (secondary N) is 1. The number of alkyl carbamates (subject to hydrolysis) is 1. The molecule has 228 valence electrons. The molecule has 13 nitrogen and oxygen atoms in total. The van der Waals surface area contributed by atoms with Gasteiger partial charge in [-0.2, -0.15) is 4.98 Å². The Morgan fingerprint density at radius 1 is 1.09 bits per heavy atom. The predicted molar refractivity (Wildman–Crippen MR) is 163 cm³/mol. The van der Waals surface area contributed by atoms with Gasteiger partial charge in [0.1, 0.15) is 17.2 Å². The first kappa shape index (κ1) is 29.9. The molecule has 0 radical (unpaired) electrons. The van der Waals surface area contributed by atoms with Crippen molar-refractivity contribution in [3.63, 3.8) is 0 Å². The standard InChI is InChI=1S/C30H38N8O5/c1-18(39)13-15-37-24-25(34-27(37)36-14-9-10-20(16-36)32-28(41)43-30(3,4)5)35(6)29(42)38(26(24)40)17-23-31-19(2)21-11-7-8-12-22(21)33-23/h7-8,11-12,20H,9-10,13-17H2,1-6H3,(H,32,41)/t20-/m1/s1. The van der Waals surface area contributed by atoms with Gasteiger partial charge in [-0.3, -0.25) is 18.7 Å². The van der Waals surface area contributed by atoms with Crippen molar-refractivity contribution in [2.24, 2.45) is 7.05 Å². The third-order valence-corrected chi connectivity index (χ3v) is 7.46. The van der Waals surface area contributed by atoms with Crippen molar-refractivity contribution in [2.75, 3.05) is 18.0 Å². The molecule has 1 fully saturated rings. The number of ketones is 1. The highest BCUT2D eigenvalue weighted by Crippen LogP contribution is 2.24. The predicted octanol–water partition coefficient (Wildman–Crippen LogP) is 2.67. The second-order valence-electron chi connectivity index (χ2n) is 12.1. The van der Waals surface area contributed by atoms with Gasteiger partial charge in [0, 0.05) is 50.2 Å². The highest BCUT2D eigenvalue weighted by atomic mass is 16.6. The average molecular weight is 591 g/mol. The van der Waals surface area contributed by atoms with Gasteiger partial charge in [0.15, 0.2) is 11.2 Å². The van der Waals surface area contributed by atoms with Gasteiger partial charge >= 0.3 is 11.8 Å². The number of Topliss-reactive ketones (excluding diaryl/α,β-unsaturated/α-hetero) is 1. The molecular formula is C30H38N8O5. The lowest BCUT2D eigenvalue weighted by Gasteiger charge is -2.34. The highest BCUT2D eigenvalue weighted by Gasteiger charge is 2.29. The second kappa shape index (κ2) is 11.6. The fraction of sp³-hybridized carbons (Fsp3) is 0.500. The molecule has 3 aromatic heterocycles. The minimum atomic E-state index is -0.625. The Labute approximate surface area is 248 Å². The van der Waals surface area contributed by atoms with Crippen molar-refractivity contribution in [1.82, 2.24) is 34.0 Å². The minimum absolute atomic E-state index is 0.0407. The van der Waals surface area contributed by atoms with Gasteiger partial charge < -0.3 is 19.5 Å². The first-order valence-electron chi connectivity index (χ1n) is 14.5. The minimum Gasteiger partial charge on any atom is -0.444 e. The van der Waals surface area contributed by atoms with E-state index in [4.69, 9.17) is 9.72 Å². The maximum atomic E-state index is 14.0. The number of anilines is 1. The molecule has 0 saturated carbocycles. The summed E-state index contributed by atoms with van der Waals surface area (Å²) in [7, 11) is 1.57. The Hall–Kier alpha value is -4.55. The first-order chi connectivity index (χ1) is 20.3. The van der Waals surface area contributed by atoms with Crippen LogP contribution >= 0.6 is 0 Å². The Morgan fingerprint density at radius 3 is 2.56 bits per heavy atom. The molecule has 4 heterocycles. The fourth-order valence-corrected chi connectivity index (χ4v) is 5.48. The number of hydrogen-bond donors (Lipinski definition) is 1. The number of amides is 1. The van der Waals surface area contributed by atoms with Crippen molar-refractivity contribution in [1.29, 1.82) is 0 Å². The maximum absolute atomic E-state index is 14.0. The van der Waals surface area contributed by atoms with E-state index in [0.717, 1.165) is 34.0 Å². The number of benzene rings is 1. The molecule has 4 aromatic rings. The van der Waals surface area contributed by atoms with Crippen molar-refractivity contribution in [3.05, 3.63) is 56.6 Å². The molecule has 1 aromatic carbocycles. The quantitative estimate of drug-likeness (QED) is 0.343. The number of hydrogen-bond acceptors (Lipinski definition) is 9. The molecule has 1 aliphatic rings. The fourth-order valence-electron chi connectivity index (χ4n) is 5.48. The van der Waals surface area contributed by atoms with E-state index in [1.807, 2.05) is 56.9 Å². The maximum Gasteiger partial charge on any atom is 0.407 e. The number of nitrogens with zero attached hydrogens (tertiary/aromatic N) is 7. The summed E-state index contributed by atoms with van der Waals surface area (Å²) in [6, 6.07) is 7.36. The largest absolute Gasteiger partial charge is 0.444 e. The van der Waals surface area contributed by atoms with Crippen LogP contribution in [0.25, 0.3) is 22.1 Å². The Kier molecular flexibility index (Phi) is 8.08. The summed E-state index contributed by atoms with van der Waals surface area (Å²) in [6.45, 7) is 9.92. The molecule has 0 bridgehead atoms.